The lowest BCUT2D eigenvalue weighted by Crippen LogP contribution is -2.30. The number of hydrogen-bond acceptors (Lipinski definition) is 4. The molecule has 0 saturated carbocycles. The number of unbranched alkanes of at least 4 members (excludes halogenated alkanes) is 1. The normalized spacial score (nSPS) is 14.6. The molecule has 0 saturated heterocycles. The molecule has 0 spiro atoms. The molecule has 0 N–H and O–H groups in total. The van der Waals surface area contributed by atoms with Gasteiger partial charge >= 0.3 is 11.9 Å². The Kier molecular flexibility index (Phi) is 6.85. The molecule has 1 aliphatic rings. The minimum absolute atomic E-state index is 0.112. The van der Waals surface area contributed by atoms with Gasteiger partial charge in [-0.3, -0.25) is 14.5 Å². The third-order valence-electron chi connectivity index (χ3n) is 3.81. The molecule has 0 aromatic heterocycles. The van der Waals surface area contributed by atoms with Crippen molar-refractivity contribution in [2.75, 3.05) is 13.2 Å². The number of hydrogen-bond donors (Lipinski definition) is 0. The second kappa shape index (κ2) is 8.70. The Morgan fingerprint density at radius 2 is 1.77 bits per heavy atom. The number of amides is 2. The first-order valence-corrected chi connectivity index (χ1v) is 9.23. The zero-order chi connectivity index (χ0) is 19.3. The zero-order valence-corrected chi connectivity index (χ0v) is 16.3. The van der Waals surface area contributed by atoms with Crippen LogP contribution in [0.4, 0.5) is 8.78 Å². The van der Waals surface area contributed by atoms with Crippen LogP contribution < -0.4 is 0 Å². The minimum Gasteiger partial charge on any atom is -0.461 e. The van der Waals surface area contributed by atoms with Gasteiger partial charge in [0.2, 0.25) is 0 Å². The number of benzene rings is 1. The van der Waals surface area contributed by atoms with Crippen molar-refractivity contribution in [2.24, 2.45) is 0 Å². The Morgan fingerprint density at radius 3 is 2.31 bits per heavy atom. The van der Waals surface area contributed by atoms with Gasteiger partial charge in [0.05, 0.1) is 17.7 Å². The number of rotatable bonds is 8. The van der Waals surface area contributed by atoms with E-state index >= 15 is 0 Å². The highest BCUT2D eigenvalue weighted by molar-refractivity contribution is 14.1. The van der Waals surface area contributed by atoms with Crippen molar-refractivity contribution >= 4 is 40.4 Å². The number of halogens is 3. The Bertz CT molecular complexity index is 713. The van der Waals surface area contributed by atoms with Crippen molar-refractivity contribution in [3.8, 4) is 0 Å². The molecule has 1 aromatic carbocycles. The lowest BCUT2D eigenvalue weighted by atomic mass is 10.1. The Balaban J connectivity index is 1.84. The number of alkyl halides is 2. The van der Waals surface area contributed by atoms with Gasteiger partial charge in [0.1, 0.15) is 0 Å². The molecule has 0 fully saturated rings. The Morgan fingerprint density at radius 1 is 1.19 bits per heavy atom. The van der Waals surface area contributed by atoms with Gasteiger partial charge in [-0.05, 0) is 64.5 Å². The molecule has 2 rings (SSSR count). The molecule has 0 radical (unpaired) electrons. The van der Waals surface area contributed by atoms with E-state index in [2.05, 4.69) is 4.74 Å². The van der Waals surface area contributed by atoms with E-state index in [0.717, 1.165) is 0 Å². The van der Waals surface area contributed by atoms with E-state index < -0.39 is 11.9 Å². The smallest absolute Gasteiger partial charge is 0.381 e. The summed E-state index contributed by atoms with van der Waals surface area (Å²) < 4.78 is 31.9. The second-order valence-corrected chi connectivity index (χ2v) is 7.08. The molecule has 1 aromatic rings. The first kappa shape index (κ1) is 20.5. The van der Waals surface area contributed by atoms with Crippen LogP contribution in [0.25, 0.3) is 0 Å². The quantitative estimate of drug-likeness (QED) is 0.246. The predicted octanol–water partition coefficient (Wildman–Crippen LogP) is 3.97. The van der Waals surface area contributed by atoms with Gasteiger partial charge in [-0.1, -0.05) is 12.1 Å². The van der Waals surface area contributed by atoms with Gasteiger partial charge in [0.15, 0.2) is 0 Å². The van der Waals surface area contributed by atoms with Crippen LogP contribution >= 0.6 is 22.6 Å². The number of nitrogens with zero attached hydrogens (tertiary/aromatic N) is 1. The van der Waals surface area contributed by atoms with Crippen LogP contribution in [0, 0.1) is 0 Å². The van der Waals surface area contributed by atoms with Crippen molar-refractivity contribution in [1.82, 2.24) is 4.90 Å². The van der Waals surface area contributed by atoms with E-state index in [-0.39, 0.29) is 25.0 Å². The van der Waals surface area contributed by atoms with Crippen molar-refractivity contribution in [1.29, 1.82) is 0 Å². The monoisotopic (exact) mass is 477 g/mol. The minimum atomic E-state index is -3.66. The SMILES string of the molecule is CCOC(=O)C(F)(F)C=C(I)CCCCN1C(=O)c2ccccc2C1=O. The maximum Gasteiger partial charge on any atom is 0.381 e. The van der Waals surface area contributed by atoms with Gasteiger partial charge < -0.3 is 4.74 Å². The van der Waals surface area contributed by atoms with E-state index in [9.17, 15) is 23.2 Å². The largest absolute Gasteiger partial charge is 0.461 e. The van der Waals surface area contributed by atoms with E-state index in [1.807, 2.05) is 0 Å². The van der Waals surface area contributed by atoms with E-state index in [4.69, 9.17) is 0 Å². The summed E-state index contributed by atoms with van der Waals surface area (Å²) in [6.45, 7) is 1.57. The summed E-state index contributed by atoms with van der Waals surface area (Å²) >= 11 is 1.75. The van der Waals surface area contributed by atoms with Crippen LogP contribution in [-0.4, -0.2) is 41.8 Å². The van der Waals surface area contributed by atoms with E-state index in [1.165, 1.54) is 11.8 Å². The molecule has 26 heavy (non-hydrogen) atoms. The Labute approximate surface area is 163 Å². The molecule has 0 aliphatic carbocycles. The number of imide groups is 1. The summed E-state index contributed by atoms with van der Waals surface area (Å²) in [4.78, 5) is 36.8. The summed E-state index contributed by atoms with van der Waals surface area (Å²) in [7, 11) is 0. The fraction of sp³-hybridized carbons (Fsp3) is 0.389. The number of carbonyl (C=O) groups excluding carboxylic acids is 3. The van der Waals surface area contributed by atoms with Crippen molar-refractivity contribution in [3.05, 3.63) is 45.0 Å². The average Bonchev–Trinajstić information content (AvgIpc) is 2.83. The summed E-state index contributed by atoms with van der Waals surface area (Å²) in [5.41, 5.74) is 0.780. The van der Waals surface area contributed by atoms with Gasteiger partial charge in [0.25, 0.3) is 11.8 Å². The van der Waals surface area contributed by atoms with E-state index in [1.54, 1.807) is 46.9 Å². The van der Waals surface area contributed by atoms with Crippen LogP contribution in [0.15, 0.2) is 33.9 Å². The maximum atomic E-state index is 13.6. The predicted molar refractivity (Wildman–Crippen MR) is 99.3 cm³/mol. The highest BCUT2D eigenvalue weighted by Crippen LogP contribution is 2.26. The average molecular weight is 477 g/mol. The molecule has 1 aliphatic heterocycles. The van der Waals surface area contributed by atoms with Gasteiger partial charge in [-0.25, -0.2) is 4.79 Å². The van der Waals surface area contributed by atoms with Gasteiger partial charge in [0, 0.05) is 12.6 Å². The summed E-state index contributed by atoms with van der Waals surface area (Å²) in [5.74, 6) is -5.88. The first-order chi connectivity index (χ1) is 12.3. The molecule has 0 unspecified atom stereocenters. The number of ether oxygens (including phenoxy) is 1. The topological polar surface area (TPSA) is 63.7 Å². The van der Waals surface area contributed by atoms with E-state index in [0.29, 0.717) is 40.0 Å². The highest BCUT2D eigenvalue weighted by Gasteiger charge is 2.38. The number of esters is 1. The number of fused-ring (bicyclic) bond motifs is 1. The lowest BCUT2D eigenvalue weighted by molar-refractivity contribution is -0.164. The molecule has 8 heteroatoms. The summed E-state index contributed by atoms with van der Waals surface area (Å²) in [6.07, 6.45) is 1.89. The zero-order valence-electron chi connectivity index (χ0n) is 14.1. The van der Waals surface area contributed by atoms with Crippen LogP contribution in [0.3, 0.4) is 0 Å². The fourth-order valence-electron chi connectivity index (χ4n) is 2.56. The Hall–Kier alpha value is -1.84. The molecular formula is C18H18F2INO4. The molecule has 0 atom stereocenters. The molecule has 5 nitrogen and oxygen atoms in total. The molecule has 2 amide bonds. The van der Waals surface area contributed by atoms with Crippen molar-refractivity contribution < 1.29 is 27.9 Å². The standard InChI is InChI=1S/C18H18F2INO4/c1-2-26-17(25)18(19,20)11-12(21)7-5-6-10-22-15(23)13-8-3-4-9-14(13)16(22)24/h3-4,8-9,11H,2,5-7,10H2,1H3. The highest BCUT2D eigenvalue weighted by atomic mass is 127. The van der Waals surface area contributed by atoms with Crippen molar-refractivity contribution in [2.45, 2.75) is 32.1 Å². The second-order valence-electron chi connectivity index (χ2n) is 5.70. The van der Waals surface area contributed by atoms with Gasteiger partial charge in [-0.15, -0.1) is 0 Å². The molecule has 140 valence electrons. The van der Waals surface area contributed by atoms with Crippen molar-refractivity contribution in [3.63, 3.8) is 0 Å². The first-order valence-electron chi connectivity index (χ1n) is 8.15. The number of carbonyl (C=O) groups is 3. The van der Waals surface area contributed by atoms with Gasteiger partial charge in [-0.2, -0.15) is 8.78 Å². The maximum absolute atomic E-state index is 13.6. The fourth-order valence-corrected chi connectivity index (χ4v) is 3.33. The van der Waals surface area contributed by atoms with Crippen LogP contribution in [-0.2, 0) is 9.53 Å². The third-order valence-corrected chi connectivity index (χ3v) is 4.66. The number of allylic oxidation sites excluding steroid dienone is 1. The van der Waals surface area contributed by atoms with Crippen LogP contribution in [0.2, 0.25) is 0 Å². The molecular weight excluding hydrogens is 459 g/mol. The molecule has 1 heterocycles. The van der Waals surface area contributed by atoms with Crippen LogP contribution in [0.1, 0.15) is 46.9 Å². The summed E-state index contributed by atoms with van der Waals surface area (Å²) in [6, 6.07) is 6.62. The van der Waals surface area contributed by atoms with Crippen LogP contribution in [0.5, 0.6) is 0 Å². The lowest BCUT2D eigenvalue weighted by Gasteiger charge is -2.14. The third kappa shape index (κ3) is 4.66. The molecule has 0 bridgehead atoms. The summed E-state index contributed by atoms with van der Waals surface area (Å²) in [5, 5.41) is 0.